The second kappa shape index (κ2) is 16.8. The molecule has 0 saturated carbocycles. The van der Waals surface area contributed by atoms with Crippen LogP contribution in [0.15, 0.2) is 54.6 Å². The lowest BCUT2D eigenvalue weighted by molar-refractivity contribution is -0.159. The van der Waals surface area contributed by atoms with E-state index in [-0.39, 0.29) is 24.3 Å². The Morgan fingerprint density at radius 3 is 2.04 bits per heavy atom. The van der Waals surface area contributed by atoms with Gasteiger partial charge in [0.15, 0.2) is 0 Å². The van der Waals surface area contributed by atoms with E-state index < -0.39 is 59.8 Å². The molecule has 0 spiro atoms. The van der Waals surface area contributed by atoms with Crippen molar-refractivity contribution in [3.8, 4) is 5.75 Å². The van der Waals surface area contributed by atoms with Crippen molar-refractivity contribution >= 4 is 23.9 Å². The van der Waals surface area contributed by atoms with Crippen molar-refractivity contribution in [1.29, 1.82) is 0 Å². The van der Waals surface area contributed by atoms with Crippen LogP contribution in [0.1, 0.15) is 84.9 Å². The molecule has 0 fully saturated rings. The molecule has 248 valence electrons. The molecule has 3 unspecified atom stereocenters. The molecule has 0 aliphatic carbocycles. The Morgan fingerprint density at radius 1 is 0.844 bits per heavy atom. The Hall–Kier alpha value is -4.12. The first-order chi connectivity index (χ1) is 21.0. The molecular weight excluding hydrogens is 578 g/mol. The van der Waals surface area contributed by atoms with Gasteiger partial charge in [-0.15, -0.1) is 0 Å². The van der Waals surface area contributed by atoms with Crippen LogP contribution in [0.25, 0.3) is 0 Å². The van der Waals surface area contributed by atoms with Gasteiger partial charge in [-0.3, -0.25) is 9.59 Å². The van der Waals surface area contributed by atoms with E-state index in [0.29, 0.717) is 6.42 Å². The number of carbonyl (C=O) groups is 4. The number of phenolic OH excluding ortho intramolecular Hbond substituents is 1. The van der Waals surface area contributed by atoms with Gasteiger partial charge in [-0.2, -0.15) is 0 Å². The Balaban J connectivity index is 2.56. The summed E-state index contributed by atoms with van der Waals surface area (Å²) in [6, 6.07) is 11.2. The van der Waals surface area contributed by atoms with Crippen molar-refractivity contribution in [2.75, 3.05) is 13.2 Å². The fraction of sp³-hybridized carbons (Fsp3) is 0.529. The number of aromatic hydroxyl groups is 1. The van der Waals surface area contributed by atoms with E-state index in [1.807, 2.05) is 37.3 Å². The number of aliphatic hydroxyl groups excluding tert-OH is 1. The second-order valence-corrected chi connectivity index (χ2v) is 12.9. The highest BCUT2D eigenvalue weighted by molar-refractivity contribution is 5.94. The summed E-state index contributed by atoms with van der Waals surface area (Å²) >= 11 is 0. The maximum absolute atomic E-state index is 14.3. The van der Waals surface area contributed by atoms with Gasteiger partial charge in [0, 0.05) is 13.0 Å². The lowest BCUT2D eigenvalue weighted by Gasteiger charge is -2.35. The van der Waals surface area contributed by atoms with Crippen LogP contribution in [0.2, 0.25) is 0 Å². The van der Waals surface area contributed by atoms with Gasteiger partial charge in [-0.05, 0) is 71.2 Å². The van der Waals surface area contributed by atoms with Gasteiger partial charge in [-0.25, -0.2) is 9.59 Å². The monoisotopic (exact) mass is 627 g/mol. The van der Waals surface area contributed by atoms with E-state index in [9.17, 15) is 29.4 Å². The molecule has 0 saturated heterocycles. The molecule has 2 aromatic carbocycles. The lowest BCUT2D eigenvalue weighted by atomic mass is 10.00. The van der Waals surface area contributed by atoms with Gasteiger partial charge < -0.3 is 35.2 Å². The first-order valence-corrected chi connectivity index (χ1v) is 15.3. The summed E-state index contributed by atoms with van der Waals surface area (Å²) in [7, 11) is 0. The number of alkyl carbamates (subject to hydrolysis) is 1. The van der Waals surface area contributed by atoms with Crippen LogP contribution >= 0.6 is 0 Å². The van der Waals surface area contributed by atoms with Crippen LogP contribution in [-0.2, 0) is 30.3 Å². The largest absolute Gasteiger partial charge is 0.508 e. The normalized spacial score (nSPS) is 13.6. The highest BCUT2D eigenvalue weighted by Crippen LogP contribution is 2.27. The van der Waals surface area contributed by atoms with Crippen molar-refractivity contribution < 1.29 is 38.9 Å². The molecule has 0 aliphatic heterocycles. The zero-order chi connectivity index (χ0) is 33.8. The maximum Gasteiger partial charge on any atom is 0.408 e. The number of ether oxygens (including phenoxy) is 2. The summed E-state index contributed by atoms with van der Waals surface area (Å²) in [6.07, 6.45) is 1.28. The van der Waals surface area contributed by atoms with Crippen LogP contribution < -0.4 is 10.6 Å². The van der Waals surface area contributed by atoms with E-state index >= 15 is 0 Å². The molecule has 0 heterocycles. The third kappa shape index (κ3) is 12.8. The molecule has 2 rings (SSSR count). The average Bonchev–Trinajstić information content (AvgIpc) is 2.93. The lowest BCUT2D eigenvalue weighted by Crippen LogP contribution is -2.56. The molecule has 4 N–H and O–H groups in total. The van der Waals surface area contributed by atoms with Crippen LogP contribution in [0.5, 0.6) is 5.75 Å². The Kier molecular flexibility index (Phi) is 13.8. The van der Waals surface area contributed by atoms with Crippen molar-refractivity contribution in [2.45, 2.75) is 103 Å². The number of esters is 1. The molecule has 45 heavy (non-hydrogen) atoms. The first kappa shape index (κ1) is 37.1. The van der Waals surface area contributed by atoms with Crippen molar-refractivity contribution in [2.24, 2.45) is 0 Å². The van der Waals surface area contributed by atoms with Gasteiger partial charge in [0.2, 0.25) is 11.8 Å². The number of unbranched alkanes of at least 4 members (excludes halogenated alkanes) is 2. The van der Waals surface area contributed by atoms with E-state index in [4.69, 9.17) is 9.47 Å². The van der Waals surface area contributed by atoms with Gasteiger partial charge in [0.1, 0.15) is 35.1 Å². The molecule has 2 aromatic rings. The van der Waals surface area contributed by atoms with Crippen LogP contribution in [0.4, 0.5) is 4.79 Å². The molecule has 0 aliphatic rings. The minimum atomic E-state index is -1.43. The highest BCUT2D eigenvalue weighted by Gasteiger charge is 2.38. The number of hydrogen-bond acceptors (Lipinski definition) is 8. The highest BCUT2D eigenvalue weighted by atomic mass is 16.6. The number of phenols is 1. The zero-order valence-electron chi connectivity index (χ0n) is 27.5. The average molecular weight is 628 g/mol. The Labute approximate surface area is 266 Å². The summed E-state index contributed by atoms with van der Waals surface area (Å²) in [6.45, 7) is 11.5. The third-order valence-electron chi connectivity index (χ3n) is 6.49. The van der Waals surface area contributed by atoms with Crippen LogP contribution in [0.3, 0.4) is 0 Å². The molecule has 11 nitrogen and oxygen atoms in total. The van der Waals surface area contributed by atoms with E-state index in [0.717, 1.165) is 18.4 Å². The summed E-state index contributed by atoms with van der Waals surface area (Å²) < 4.78 is 10.9. The predicted molar refractivity (Wildman–Crippen MR) is 170 cm³/mol. The molecule has 0 bridgehead atoms. The predicted octanol–water partition coefficient (Wildman–Crippen LogP) is 4.41. The summed E-state index contributed by atoms with van der Waals surface area (Å²) in [5, 5.41) is 25.7. The number of benzene rings is 2. The van der Waals surface area contributed by atoms with E-state index in [1.165, 1.54) is 23.1 Å². The van der Waals surface area contributed by atoms with Gasteiger partial charge >= 0.3 is 12.1 Å². The molecule has 3 atom stereocenters. The van der Waals surface area contributed by atoms with Gasteiger partial charge in [0.25, 0.3) is 0 Å². The minimum absolute atomic E-state index is 0.0860. The Bertz CT molecular complexity index is 1270. The molecule has 0 radical (unpaired) electrons. The van der Waals surface area contributed by atoms with Gasteiger partial charge in [-0.1, -0.05) is 62.2 Å². The number of hydrogen-bond donors (Lipinski definition) is 4. The number of rotatable bonds is 14. The van der Waals surface area contributed by atoms with Crippen LogP contribution in [0, 0.1) is 0 Å². The molecule has 0 aromatic heterocycles. The van der Waals surface area contributed by atoms with Crippen molar-refractivity contribution in [1.82, 2.24) is 15.5 Å². The molecule has 3 amide bonds. The summed E-state index contributed by atoms with van der Waals surface area (Å²) in [5.74, 6) is -2.23. The topological polar surface area (TPSA) is 154 Å². The SMILES string of the molecule is CCCCCN(C(=O)C(CO)NC(=O)OC(C)(C)C)C(C(=O)NC(Cc1ccccc1)C(=O)OC(C)(C)C)c1cccc(O)c1. The number of aliphatic hydroxyl groups is 1. The second-order valence-electron chi connectivity index (χ2n) is 12.9. The number of amides is 3. The van der Waals surface area contributed by atoms with E-state index in [1.54, 1.807) is 47.6 Å². The first-order valence-electron chi connectivity index (χ1n) is 15.3. The zero-order valence-corrected chi connectivity index (χ0v) is 27.5. The summed E-state index contributed by atoms with van der Waals surface area (Å²) in [5.41, 5.74) is -0.632. The number of nitrogens with one attached hydrogen (secondary N) is 2. The van der Waals surface area contributed by atoms with E-state index in [2.05, 4.69) is 10.6 Å². The molecule has 11 heteroatoms. The number of nitrogens with zero attached hydrogens (tertiary/aromatic N) is 1. The minimum Gasteiger partial charge on any atom is -0.508 e. The Morgan fingerprint density at radius 2 is 1.49 bits per heavy atom. The number of carbonyl (C=O) groups excluding carboxylic acids is 4. The standard InChI is InChI=1S/C34H49N3O8/c1-8-9-13-19-37(30(41)27(22-38)36-32(43)45-34(5,6)7)28(24-17-14-18-25(39)21-24)29(40)35-26(31(42)44-33(2,3)4)20-23-15-11-10-12-16-23/h10-12,14-18,21,26-28,38-39H,8-9,13,19-20,22H2,1-7H3,(H,35,40)(H,36,43). The van der Waals surface area contributed by atoms with Crippen molar-refractivity contribution in [3.05, 3.63) is 65.7 Å². The maximum atomic E-state index is 14.3. The smallest absolute Gasteiger partial charge is 0.408 e. The fourth-order valence-electron chi connectivity index (χ4n) is 4.57. The fourth-order valence-corrected chi connectivity index (χ4v) is 4.57. The van der Waals surface area contributed by atoms with Crippen molar-refractivity contribution in [3.63, 3.8) is 0 Å². The quantitative estimate of drug-likeness (QED) is 0.177. The van der Waals surface area contributed by atoms with Gasteiger partial charge in [0.05, 0.1) is 6.61 Å². The summed E-state index contributed by atoms with van der Waals surface area (Å²) in [4.78, 5) is 55.5. The molecular formula is C34H49N3O8. The van der Waals surface area contributed by atoms with Crippen LogP contribution in [-0.4, -0.2) is 75.4 Å². The third-order valence-corrected chi connectivity index (χ3v) is 6.49.